The van der Waals surface area contributed by atoms with Gasteiger partial charge in [-0.25, -0.2) is 4.99 Å². The van der Waals surface area contributed by atoms with Crippen LogP contribution in [0.25, 0.3) is 0 Å². The summed E-state index contributed by atoms with van der Waals surface area (Å²) in [4.78, 5) is 4.65. The van der Waals surface area contributed by atoms with Crippen molar-refractivity contribution in [1.29, 1.82) is 0 Å². The van der Waals surface area contributed by atoms with Crippen molar-refractivity contribution in [2.45, 2.75) is 52.2 Å². The van der Waals surface area contributed by atoms with Gasteiger partial charge in [0.1, 0.15) is 0 Å². The summed E-state index contributed by atoms with van der Waals surface area (Å²) < 4.78 is 17.0. The Morgan fingerprint density at radius 2 is 1.96 bits per heavy atom. The van der Waals surface area contributed by atoms with Gasteiger partial charge in [-0.2, -0.15) is 0 Å². The first-order valence-electron chi connectivity index (χ1n) is 9.70. The minimum atomic E-state index is 0.306. The summed E-state index contributed by atoms with van der Waals surface area (Å²) in [6.07, 6.45) is 5.05. The number of aliphatic imine (C=N–C) groups is 1. The van der Waals surface area contributed by atoms with E-state index in [9.17, 15) is 0 Å². The zero-order valence-corrected chi connectivity index (χ0v) is 16.3. The summed E-state index contributed by atoms with van der Waals surface area (Å²) in [5.41, 5.74) is 1.10. The SMILES string of the molecule is CCNC(=NCc1ccc(OC)c(OC2CCCC2)c1)NCCOCC. The van der Waals surface area contributed by atoms with E-state index in [-0.39, 0.29) is 0 Å². The van der Waals surface area contributed by atoms with Crippen LogP contribution in [0.3, 0.4) is 0 Å². The molecule has 0 saturated heterocycles. The van der Waals surface area contributed by atoms with Gasteiger partial charge in [0.25, 0.3) is 0 Å². The highest BCUT2D eigenvalue weighted by atomic mass is 16.5. The molecule has 1 aliphatic rings. The summed E-state index contributed by atoms with van der Waals surface area (Å²) in [6.45, 7) is 7.58. The van der Waals surface area contributed by atoms with Crippen LogP contribution >= 0.6 is 0 Å². The van der Waals surface area contributed by atoms with Gasteiger partial charge in [-0.15, -0.1) is 0 Å². The van der Waals surface area contributed by atoms with E-state index < -0.39 is 0 Å². The zero-order chi connectivity index (χ0) is 18.6. The standard InChI is InChI=1S/C20H33N3O3/c1-4-21-20(22-12-13-25-5-2)23-15-16-10-11-18(24-3)19(14-16)26-17-8-6-7-9-17/h10-11,14,17H,4-9,12-13,15H2,1-3H3,(H2,21,22,23). The molecule has 0 heterocycles. The number of ether oxygens (including phenoxy) is 3. The number of hydrogen-bond donors (Lipinski definition) is 2. The molecule has 146 valence electrons. The monoisotopic (exact) mass is 363 g/mol. The van der Waals surface area contributed by atoms with Crippen molar-refractivity contribution < 1.29 is 14.2 Å². The van der Waals surface area contributed by atoms with Gasteiger partial charge in [-0.3, -0.25) is 0 Å². The van der Waals surface area contributed by atoms with Crippen LogP contribution in [0.4, 0.5) is 0 Å². The number of guanidine groups is 1. The van der Waals surface area contributed by atoms with E-state index >= 15 is 0 Å². The first-order chi connectivity index (χ1) is 12.8. The van der Waals surface area contributed by atoms with E-state index in [0.29, 0.717) is 19.3 Å². The van der Waals surface area contributed by atoms with Crippen LogP contribution in [0.1, 0.15) is 45.1 Å². The van der Waals surface area contributed by atoms with E-state index in [2.05, 4.69) is 22.5 Å². The van der Waals surface area contributed by atoms with Crippen LogP contribution in [0.5, 0.6) is 11.5 Å². The summed E-state index contributed by atoms with van der Waals surface area (Å²) in [7, 11) is 1.68. The maximum absolute atomic E-state index is 6.16. The van der Waals surface area contributed by atoms with Crippen LogP contribution < -0.4 is 20.1 Å². The van der Waals surface area contributed by atoms with Gasteiger partial charge in [0.2, 0.25) is 0 Å². The lowest BCUT2D eigenvalue weighted by atomic mass is 10.2. The first kappa shape index (κ1) is 20.4. The molecule has 1 saturated carbocycles. The molecule has 26 heavy (non-hydrogen) atoms. The molecule has 0 bridgehead atoms. The highest BCUT2D eigenvalue weighted by Gasteiger charge is 2.18. The second-order valence-electron chi connectivity index (χ2n) is 6.33. The topological polar surface area (TPSA) is 64.1 Å². The van der Waals surface area contributed by atoms with Crippen molar-refractivity contribution in [2.75, 3.05) is 33.4 Å². The largest absolute Gasteiger partial charge is 0.493 e. The molecule has 0 radical (unpaired) electrons. The van der Waals surface area contributed by atoms with Crippen molar-refractivity contribution in [1.82, 2.24) is 10.6 Å². The Hall–Kier alpha value is -1.95. The number of hydrogen-bond acceptors (Lipinski definition) is 4. The highest BCUT2D eigenvalue weighted by Crippen LogP contribution is 2.32. The first-order valence-corrected chi connectivity index (χ1v) is 9.70. The number of methoxy groups -OCH3 is 1. The molecular weight excluding hydrogens is 330 g/mol. The summed E-state index contributed by atoms with van der Waals surface area (Å²) >= 11 is 0. The van der Waals surface area contributed by atoms with E-state index in [1.165, 1.54) is 12.8 Å². The van der Waals surface area contributed by atoms with Gasteiger partial charge in [0, 0.05) is 19.7 Å². The maximum atomic E-state index is 6.16. The fourth-order valence-corrected chi connectivity index (χ4v) is 3.00. The van der Waals surface area contributed by atoms with Crippen molar-refractivity contribution >= 4 is 5.96 Å². The van der Waals surface area contributed by atoms with E-state index in [1.54, 1.807) is 7.11 Å². The summed E-state index contributed by atoms with van der Waals surface area (Å²) in [6, 6.07) is 6.04. The fraction of sp³-hybridized carbons (Fsp3) is 0.650. The van der Waals surface area contributed by atoms with Crippen molar-refractivity contribution in [3.63, 3.8) is 0 Å². The van der Waals surface area contributed by atoms with Gasteiger partial charge in [0.05, 0.1) is 26.4 Å². The third-order valence-electron chi connectivity index (χ3n) is 4.33. The lowest BCUT2D eigenvalue weighted by Gasteiger charge is -2.17. The molecule has 0 amide bonds. The highest BCUT2D eigenvalue weighted by molar-refractivity contribution is 5.79. The summed E-state index contributed by atoms with van der Waals surface area (Å²) in [5.74, 6) is 2.40. The molecule has 1 aliphatic carbocycles. The molecule has 0 aliphatic heterocycles. The van der Waals surface area contributed by atoms with Crippen LogP contribution in [-0.4, -0.2) is 45.5 Å². The third-order valence-corrected chi connectivity index (χ3v) is 4.33. The molecule has 0 aromatic heterocycles. The van der Waals surface area contributed by atoms with Gasteiger partial charge in [0.15, 0.2) is 17.5 Å². The number of nitrogens with one attached hydrogen (secondary N) is 2. The van der Waals surface area contributed by atoms with E-state index in [4.69, 9.17) is 14.2 Å². The number of nitrogens with zero attached hydrogens (tertiary/aromatic N) is 1. The molecule has 2 rings (SSSR count). The van der Waals surface area contributed by atoms with Crippen molar-refractivity contribution in [3.05, 3.63) is 23.8 Å². The van der Waals surface area contributed by atoms with Gasteiger partial charge in [-0.1, -0.05) is 6.07 Å². The molecule has 6 heteroatoms. The smallest absolute Gasteiger partial charge is 0.191 e. The third kappa shape index (κ3) is 6.75. The van der Waals surface area contributed by atoms with Gasteiger partial charge < -0.3 is 24.8 Å². The molecule has 1 fully saturated rings. The van der Waals surface area contributed by atoms with Crippen LogP contribution in [-0.2, 0) is 11.3 Å². The Labute approximate surface area is 157 Å². The Morgan fingerprint density at radius 3 is 2.65 bits per heavy atom. The van der Waals surface area contributed by atoms with Gasteiger partial charge >= 0.3 is 0 Å². The van der Waals surface area contributed by atoms with Crippen molar-refractivity contribution in [3.8, 4) is 11.5 Å². The van der Waals surface area contributed by atoms with Crippen LogP contribution in [0.15, 0.2) is 23.2 Å². The number of rotatable bonds is 10. The molecule has 2 N–H and O–H groups in total. The lowest BCUT2D eigenvalue weighted by Crippen LogP contribution is -2.39. The molecule has 0 atom stereocenters. The Bertz CT molecular complexity index is 557. The minimum Gasteiger partial charge on any atom is -0.493 e. The second-order valence-corrected chi connectivity index (χ2v) is 6.33. The molecule has 1 aromatic rings. The second kappa shape index (κ2) is 11.6. The molecule has 6 nitrogen and oxygen atoms in total. The number of benzene rings is 1. The maximum Gasteiger partial charge on any atom is 0.191 e. The predicted molar refractivity (Wildman–Crippen MR) is 105 cm³/mol. The molecule has 1 aromatic carbocycles. The molecule has 0 spiro atoms. The fourth-order valence-electron chi connectivity index (χ4n) is 3.00. The zero-order valence-electron chi connectivity index (χ0n) is 16.3. The van der Waals surface area contributed by atoms with Crippen molar-refractivity contribution in [2.24, 2.45) is 4.99 Å². The summed E-state index contributed by atoms with van der Waals surface area (Å²) in [5, 5.41) is 6.53. The molecule has 0 unspecified atom stereocenters. The average Bonchev–Trinajstić information content (AvgIpc) is 3.16. The average molecular weight is 364 g/mol. The van der Waals surface area contributed by atoms with E-state index in [0.717, 1.165) is 55.6 Å². The van der Waals surface area contributed by atoms with Crippen LogP contribution in [0, 0.1) is 0 Å². The molecular formula is C20H33N3O3. The quantitative estimate of drug-likeness (QED) is 0.380. The Kier molecular flexibility index (Phi) is 9.10. The Balaban J connectivity index is 1.99. The van der Waals surface area contributed by atoms with Gasteiger partial charge in [-0.05, 0) is 57.2 Å². The predicted octanol–water partition coefficient (Wildman–Crippen LogP) is 3.11. The lowest BCUT2D eigenvalue weighted by molar-refractivity contribution is 0.152. The minimum absolute atomic E-state index is 0.306. The van der Waals surface area contributed by atoms with Crippen LogP contribution in [0.2, 0.25) is 0 Å². The Morgan fingerprint density at radius 1 is 1.15 bits per heavy atom. The normalized spacial score (nSPS) is 15.1. The van der Waals surface area contributed by atoms with E-state index in [1.807, 2.05) is 25.1 Å².